The molecule has 0 atom stereocenters. The zero-order chi connectivity index (χ0) is 41.5. The third-order valence-corrected chi connectivity index (χ3v) is 13.6. The zero-order valence-electron chi connectivity index (χ0n) is 34.5. The molecule has 0 amide bonds. The number of hydrogen-bond acceptors (Lipinski definition) is 2. The Bertz CT molecular complexity index is 3540. The highest BCUT2D eigenvalue weighted by Crippen LogP contribution is 2.65. The highest BCUT2D eigenvalue weighted by molar-refractivity contribution is 6.12. The van der Waals surface area contributed by atoms with Crippen molar-refractivity contribution in [3.8, 4) is 22.3 Å². The second kappa shape index (κ2) is 13.9. The fourth-order valence-electron chi connectivity index (χ4n) is 10.9. The van der Waals surface area contributed by atoms with Gasteiger partial charge in [0, 0.05) is 33.8 Å². The van der Waals surface area contributed by atoms with Crippen molar-refractivity contribution < 1.29 is 0 Å². The van der Waals surface area contributed by atoms with Gasteiger partial charge in [-0.05, 0) is 138 Å². The van der Waals surface area contributed by atoms with Crippen LogP contribution in [0.3, 0.4) is 0 Å². The summed E-state index contributed by atoms with van der Waals surface area (Å²) in [6, 6.07) is 89.8. The Kier molecular flexibility index (Phi) is 7.85. The van der Waals surface area contributed by atoms with Crippen molar-refractivity contribution in [3.63, 3.8) is 0 Å². The lowest BCUT2D eigenvalue weighted by Crippen LogP contribution is -2.26. The zero-order valence-corrected chi connectivity index (χ0v) is 34.5. The van der Waals surface area contributed by atoms with E-state index in [0.717, 1.165) is 34.1 Å². The van der Waals surface area contributed by atoms with E-state index in [1.807, 2.05) is 0 Å². The SMILES string of the molecule is c1ccc(N(c2ccc3c(c2)C2(c4ccccc4-c4ccccc42)c2cc(N(c4ccccc4)c4ccc5ccccc5c4)c4ccccc4c2-3)c2ccc3ccccc3c2)cc1. The van der Waals surface area contributed by atoms with Crippen LogP contribution < -0.4 is 9.80 Å². The molecule has 2 nitrogen and oxygen atoms in total. The lowest BCUT2D eigenvalue weighted by Gasteiger charge is -2.34. The first kappa shape index (κ1) is 35.5. The molecule has 11 aromatic rings. The molecule has 63 heavy (non-hydrogen) atoms. The van der Waals surface area contributed by atoms with Crippen molar-refractivity contribution in [2.75, 3.05) is 9.80 Å². The van der Waals surface area contributed by atoms with E-state index in [-0.39, 0.29) is 0 Å². The third-order valence-electron chi connectivity index (χ3n) is 13.6. The van der Waals surface area contributed by atoms with Crippen LogP contribution >= 0.6 is 0 Å². The average Bonchev–Trinajstić information content (AvgIpc) is 3.82. The molecule has 0 fully saturated rings. The Morgan fingerprint density at radius 3 is 1.33 bits per heavy atom. The van der Waals surface area contributed by atoms with Crippen LogP contribution in [0.1, 0.15) is 22.3 Å². The van der Waals surface area contributed by atoms with E-state index in [9.17, 15) is 0 Å². The van der Waals surface area contributed by atoms with Gasteiger partial charge in [0.05, 0.1) is 11.1 Å². The van der Waals surface area contributed by atoms with Crippen LogP contribution in [0.5, 0.6) is 0 Å². The normalized spacial score (nSPS) is 12.9. The summed E-state index contributed by atoms with van der Waals surface area (Å²) in [5.74, 6) is 0. The van der Waals surface area contributed by atoms with Crippen LogP contribution in [0.4, 0.5) is 34.1 Å². The summed E-state index contributed by atoms with van der Waals surface area (Å²) in [5.41, 5.74) is 16.5. The van der Waals surface area contributed by atoms with E-state index in [1.54, 1.807) is 0 Å². The van der Waals surface area contributed by atoms with E-state index < -0.39 is 5.41 Å². The molecule has 0 unspecified atom stereocenters. The lowest BCUT2D eigenvalue weighted by molar-refractivity contribution is 0.794. The Morgan fingerprint density at radius 1 is 0.254 bits per heavy atom. The van der Waals surface area contributed by atoms with Crippen molar-refractivity contribution in [3.05, 3.63) is 265 Å². The van der Waals surface area contributed by atoms with Gasteiger partial charge in [0.25, 0.3) is 0 Å². The van der Waals surface area contributed by atoms with Gasteiger partial charge in [0.2, 0.25) is 0 Å². The quantitative estimate of drug-likeness (QED) is 0.165. The Labute approximate surface area is 367 Å². The van der Waals surface area contributed by atoms with Crippen LogP contribution in [-0.4, -0.2) is 0 Å². The molecule has 0 aliphatic heterocycles. The first-order chi connectivity index (χ1) is 31.3. The van der Waals surface area contributed by atoms with Crippen molar-refractivity contribution in [2.24, 2.45) is 0 Å². The Morgan fingerprint density at radius 2 is 0.714 bits per heavy atom. The summed E-state index contributed by atoms with van der Waals surface area (Å²) in [6.07, 6.45) is 0. The fraction of sp³-hybridized carbons (Fsp3) is 0.0164. The Balaban J connectivity index is 1.13. The van der Waals surface area contributed by atoms with Crippen molar-refractivity contribution in [2.45, 2.75) is 5.41 Å². The Hall–Kier alpha value is -8.20. The largest absolute Gasteiger partial charge is 0.310 e. The lowest BCUT2D eigenvalue weighted by atomic mass is 9.70. The molecule has 1 spiro atoms. The molecule has 0 radical (unpaired) electrons. The topological polar surface area (TPSA) is 6.48 Å². The number of rotatable bonds is 6. The summed E-state index contributed by atoms with van der Waals surface area (Å²) < 4.78 is 0. The van der Waals surface area contributed by atoms with Crippen molar-refractivity contribution >= 4 is 66.4 Å². The smallest absolute Gasteiger partial charge is 0.0727 e. The molecule has 0 saturated heterocycles. The van der Waals surface area contributed by atoms with Crippen LogP contribution in [-0.2, 0) is 5.41 Å². The fourth-order valence-corrected chi connectivity index (χ4v) is 10.9. The molecule has 2 heteroatoms. The van der Waals surface area contributed by atoms with Gasteiger partial charge >= 0.3 is 0 Å². The number of anilines is 6. The van der Waals surface area contributed by atoms with Crippen LogP contribution in [0, 0.1) is 0 Å². The molecule has 13 rings (SSSR count). The van der Waals surface area contributed by atoms with Crippen LogP contribution in [0.15, 0.2) is 243 Å². The molecule has 0 saturated carbocycles. The number of para-hydroxylation sites is 2. The molecule has 0 heterocycles. The third kappa shape index (κ3) is 5.25. The standard InChI is InChI=1S/C61H40N2/c1-3-21-45(22-4-1)62(47-33-31-41-17-7-9-19-43(41)37-47)49-35-36-54-57(39-49)61(55-29-15-13-25-50(55)51-26-14-16-30-56(51)61)58-40-59(52-27-11-12-28-53(52)60(54)58)63(46-23-5-2-6-24-46)48-34-32-42-18-8-10-20-44(42)38-48/h1-40H. The summed E-state index contributed by atoms with van der Waals surface area (Å²) in [4.78, 5) is 4.90. The average molecular weight is 801 g/mol. The predicted molar refractivity (Wildman–Crippen MR) is 265 cm³/mol. The van der Waals surface area contributed by atoms with Gasteiger partial charge in [-0.1, -0.05) is 176 Å². The summed E-state index contributed by atoms with van der Waals surface area (Å²) >= 11 is 0. The molecule has 0 aromatic heterocycles. The number of benzene rings is 11. The minimum absolute atomic E-state index is 0.593. The highest BCUT2D eigenvalue weighted by atomic mass is 15.1. The van der Waals surface area contributed by atoms with E-state index in [2.05, 4.69) is 252 Å². The van der Waals surface area contributed by atoms with Crippen molar-refractivity contribution in [1.82, 2.24) is 0 Å². The van der Waals surface area contributed by atoms with Crippen LogP contribution in [0.2, 0.25) is 0 Å². The summed E-state index contributed by atoms with van der Waals surface area (Å²) in [5, 5.41) is 7.34. The molecule has 2 aliphatic carbocycles. The van der Waals surface area contributed by atoms with E-state index in [0.29, 0.717) is 0 Å². The predicted octanol–water partition coefficient (Wildman–Crippen LogP) is 16.4. The van der Waals surface area contributed by atoms with Crippen LogP contribution in [0.25, 0.3) is 54.6 Å². The molecule has 0 bridgehead atoms. The van der Waals surface area contributed by atoms with Crippen molar-refractivity contribution in [1.29, 1.82) is 0 Å². The summed E-state index contributed by atoms with van der Waals surface area (Å²) in [7, 11) is 0. The first-order valence-corrected chi connectivity index (χ1v) is 21.8. The maximum atomic E-state index is 2.54. The summed E-state index contributed by atoms with van der Waals surface area (Å²) in [6.45, 7) is 0. The number of hydrogen-bond donors (Lipinski definition) is 0. The minimum atomic E-state index is -0.593. The van der Waals surface area contributed by atoms with E-state index in [4.69, 9.17) is 0 Å². The molecule has 11 aromatic carbocycles. The molecular weight excluding hydrogens is 761 g/mol. The van der Waals surface area contributed by atoms with Gasteiger partial charge < -0.3 is 9.80 Å². The first-order valence-electron chi connectivity index (χ1n) is 21.8. The maximum Gasteiger partial charge on any atom is 0.0727 e. The number of nitrogens with zero attached hydrogens (tertiary/aromatic N) is 2. The molecule has 294 valence electrons. The second-order valence-corrected chi connectivity index (χ2v) is 16.8. The second-order valence-electron chi connectivity index (χ2n) is 16.8. The van der Waals surface area contributed by atoms with Gasteiger partial charge in [-0.15, -0.1) is 0 Å². The van der Waals surface area contributed by atoms with Gasteiger partial charge in [-0.25, -0.2) is 0 Å². The molecular formula is C61H40N2. The van der Waals surface area contributed by atoms with Gasteiger partial charge in [0.15, 0.2) is 0 Å². The minimum Gasteiger partial charge on any atom is -0.310 e. The van der Waals surface area contributed by atoms with E-state index >= 15 is 0 Å². The van der Waals surface area contributed by atoms with Gasteiger partial charge in [0.1, 0.15) is 0 Å². The highest BCUT2D eigenvalue weighted by Gasteiger charge is 2.52. The monoisotopic (exact) mass is 800 g/mol. The molecule has 2 aliphatic rings. The van der Waals surface area contributed by atoms with Gasteiger partial charge in [-0.2, -0.15) is 0 Å². The molecule has 0 N–H and O–H groups in total. The van der Waals surface area contributed by atoms with Gasteiger partial charge in [-0.3, -0.25) is 0 Å². The number of fused-ring (bicyclic) bond motifs is 14. The van der Waals surface area contributed by atoms with E-state index in [1.165, 1.54) is 76.8 Å². The maximum absolute atomic E-state index is 2.54.